The molecule has 6 nitrogen and oxygen atoms in total. The normalized spacial score (nSPS) is 9.55. The first-order valence-electron chi connectivity index (χ1n) is 7.05. The third-order valence-corrected chi connectivity index (χ3v) is 2.73. The van der Waals surface area contributed by atoms with Gasteiger partial charge in [-0.3, -0.25) is 9.59 Å². The van der Waals surface area contributed by atoms with Crippen LogP contribution in [0.25, 0.3) is 0 Å². The molecule has 1 aromatic rings. The van der Waals surface area contributed by atoms with Crippen LogP contribution in [0.1, 0.15) is 18.9 Å². The van der Waals surface area contributed by atoms with E-state index in [2.05, 4.69) is 16.0 Å². The van der Waals surface area contributed by atoms with Crippen molar-refractivity contribution in [3.63, 3.8) is 0 Å². The second kappa shape index (κ2) is 11.8. The van der Waals surface area contributed by atoms with Gasteiger partial charge in [0.05, 0.1) is 0 Å². The Kier molecular flexibility index (Phi) is 10.9. The fourth-order valence-electron chi connectivity index (χ4n) is 1.67. The smallest absolute Gasteiger partial charge is 0.257 e. The summed E-state index contributed by atoms with van der Waals surface area (Å²) >= 11 is 0. The molecular formula is C15H24ClN3O3. The molecule has 2 amide bonds. The lowest BCUT2D eigenvalue weighted by atomic mass is 10.2. The van der Waals surface area contributed by atoms with Gasteiger partial charge in [0.15, 0.2) is 6.61 Å². The van der Waals surface area contributed by atoms with Gasteiger partial charge in [-0.25, -0.2) is 0 Å². The minimum Gasteiger partial charge on any atom is -0.484 e. The lowest BCUT2D eigenvalue weighted by Crippen LogP contribution is -2.28. The standard InChI is InChI=1S/C15H23N3O3.ClH/c1-3-17-15(20)11-21-13-6-4-5-12(9-13)10-18-14(19)7-8-16-2;/h4-6,9,16H,3,7-8,10-11H2,1-2H3,(H,17,20)(H,18,19);1H. The molecule has 0 heterocycles. The molecule has 0 saturated heterocycles. The molecule has 3 N–H and O–H groups in total. The summed E-state index contributed by atoms with van der Waals surface area (Å²) in [7, 11) is 1.81. The van der Waals surface area contributed by atoms with Gasteiger partial charge in [-0.2, -0.15) is 0 Å². The van der Waals surface area contributed by atoms with Crippen molar-refractivity contribution >= 4 is 24.2 Å². The van der Waals surface area contributed by atoms with E-state index < -0.39 is 0 Å². The van der Waals surface area contributed by atoms with Crippen molar-refractivity contribution in [2.45, 2.75) is 19.9 Å². The Morgan fingerprint density at radius 3 is 2.64 bits per heavy atom. The molecule has 0 saturated carbocycles. The van der Waals surface area contributed by atoms with Crippen molar-refractivity contribution in [3.05, 3.63) is 29.8 Å². The molecule has 7 heteroatoms. The fraction of sp³-hybridized carbons (Fsp3) is 0.467. The van der Waals surface area contributed by atoms with E-state index in [0.29, 0.717) is 31.8 Å². The molecule has 0 atom stereocenters. The van der Waals surface area contributed by atoms with E-state index in [1.54, 1.807) is 6.07 Å². The maximum Gasteiger partial charge on any atom is 0.257 e. The first kappa shape index (κ1) is 20.2. The molecule has 0 bridgehead atoms. The summed E-state index contributed by atoms with van der Waals surface area (Å²) in [5, 5.41) is 8.42. The van der Waals surface area contributed by atoms with Gasteiger partial charge in [-0.1, -0.05) is 12.1 Å². The number of halogens is 1. The first-order chi connectivity index (χ1) is 10.2. The van der Waals surface area contributed by atoms with Crippen LogP contribution in [0, 0.1) is 0 Å². The number of nitrogens with one attached hydrogen (secondary N) is 3. The Morgan fingerprint density at radius 2 is 1.95 bits per heavy atom. The van der Waals surface area contributed by atoms with Crippen LogP contribution >= 0.6 is 12.4 Å². The molecule has 0 aromatic heterocycles. The van der Waals surface area contributed by atoms with Gasteiger partial charge in [-0.15, -0.1) is 12.4 Å². The minimum absolute atomic E-state index is 0. The van der Waals surface area contributed by atoms with E-state index in [1.807, 2.05) is 32.2 Å². The highest BCUT2D eigenvalue weighted by molar-refractivity contribution is 5.85. The van der Waals surface area contributed by atoms with Gasteiger partial charge in [-0.05, 0) is 31.7 Å². The highest BCUT2D eigenvalue weighted by atomic mass is 35.5. The van der Waals surface area contributed by atoms with Crippen LogP contribution in [-0.2, 0) is 16.1 Å². The van der Waals surface area contributed by atoms with E-state index in [0.717, 1.165) is 5.56 Å². The molecule has 0 fully saturated rings. The van der Waals surface area contributed by atoms with Gasteiger partial charge in [0.2, 0.25) is 5.91 Å². The number of rotatable bonds is 9. The molecule has 0 radical (unpaired) electrons. The quantitative estimate of drug-likeness (QED) is 0.627. The SMILES string of the molecule is CCNC(=O)COc1cccc(CNC(=O)CCNC)c1.Cl. The molecule has 124 valence electrons. The van der Waals surface area contributed by atoms with Crippen molar-refractivity contribution in [3.8, 4) is 5.75 Å². The number of amides is 2. The van der Waals surface area contributed by atoms with Crippen molar-refractivity contribution < 1.29 is 14.3 Å². The number of hydrogen-bond donors (Lipinski definition) is 3. The summed E-state index contributed by atoms with van der Waals surface area (Å²) < 4.78 is 5.40. The molecule has 0 unspecified atom stereocenters. The van der Waals surface area contributed by atoms with E-state index >= 15 is 0 Å². The first-order valence-corrected chi connectivity index (χ1v) is 7.05. The number of carbonyl (C=O) groups is 2. The van der Waals surface area contributed by atoms with Crippen molar-refractivity contribution in [1.82, 2.24) is 16.0 Å². The molecule has 0 aliphatic heterocycles. The second-order valence-corrected chi connectivity index (χ2v) is 4.52. The predicted octanol–water partition coefficient (Wildman–Crippen LogP) is 0.849. The average Bonchev–Trinajstić information content (AvgIpc) is 2.49. The third kappa shape index (κ3) is 8.49. The highest BCUT2D eigenvalue weighted by Gasteiger charge is 2.03. The monoisotopic (exact) mass is 329 g/mol. The van der Waals surface area contributed by atoms with Crippen LogP contribution < -0.4 is 20.7 Å². The molecule has 0 spiro atoms. The van der Waals surface area contributed by atoms with E-state index in [1.165, 1.54) is 0 Å². The van der Waals surface area contributed by atoms with Gasteiger partial charge in [0.1, 0.15) is 5.75 Å². The van der Waals surface area contributed by atoms with Gasteiger partial charge >= 0.3 is 0 Å². The molecule has 1 rings (SSSR count). The van der Waals surface area contributed by atoms with Crippen molar-refractivity contribution in [2.24, 2.45) is 0 Å². The molecule has 0 aliphatic carbocycles. The zero-order chi connectivity index (χ0) is 15.5. The van der Waals surface area contributed by atoms with Crippen LogP contribution in [0.15, 0.2) is 24.3 Å². The lowest BCUT2D eigenvalue weighted by Gasteiger charge is -2.09. The Bertz CT molecular complexity index is 469. The molecule has 0 aliphatic rings. The van der Waals surface area contributed by atoms with Crippen molar-refractivity contribution in [1.29, 1.82) is 0 Å². The molecule has 1 aromatic carbocycles. The Labute approximate surface area is 137 Å². The van der Waals surface area contributed by atoms with E-state index in [-0.39, 0.29) is 30.8 Å². The topological polar surface area (TPSA) is 79.5 Å². The fourth-order valence-corrected chi connectivity index (χ4v) is 1.67. The van der Waals surface area contributed by atoms with Crippen LogP contribution in [-0.4, -0.2) is 38.6 Å². The average molecular weight is 330 g/mol. The second-order valence-electron chi connectivity index (χ2n) is 4.52. The van der Waals surface area contributed by atoms with E-state index in [4.69, 9.17) is 4.74 Å². The summed E-state index contributed by atoms with van der Waals surface area (Å²) in [6.45, 7) is 3.53. The zero-order valence-corrected chi connectivity index (χ0v) is 13.8. The zero-order valence-electron chi connectivity index (χ0n) is 13.0. The summed E-state index contributed by atoms with van der Waals surface area (Å²) in [6.07, 6.45) is 0.448. The number of carbonyl (C=O) groups excluding carboxylic acids is 2. The van der Waals surface area contributed by atoms with Gasteiger partial charge < -0.3 is 20.7 Å². The van der Waals surface area contributed by atoms with Crippen LogP contribution in [0.5, 0.6) is 5.75 Å². The maximum atomic E-state index is 11.5. The highest BCUT2D eigenvalue weighted by Crippen LogP contribution is 2.13. The van der Waals surface area contributed by atoms with E-state index in [9.17, 15) is 9.59 Å². The number of benzene rings is 1. The molecular weight excluding hydrogens is 306 g/mol. The van der Waals surface area contributed by atoms with Crippen LogP contribution in [0.3, 0.4) is 0 Å². The van der Waals surface area contributed by atoms with Crippen LogP contribution in [0.4, 0.5) is 0 Å². The summed E-state index contributed by atoms with van der Waals surface area (Å²) in [5.41, 5.74) is 0.932. The lowest BCUT2D eigenvalue weighted by molar-refractivity contribution is -0.123. The number of hydrogen-bond acceptors (Lipinski definition) is 4. The number of likely N-dealkylation sites (N-methyl/N-ethyl adjacent to an activating group) is 1. The number of ether oxygens (including phenoxy) is 1. The summed E-state index contributed by atoms with van der Waals surface area (Å²) in [6, 6.07) is 7.34. The van der Waals surface area contributed by atoms with Gasteiger partial charge in [0, 0.05) is 26.1 Å². The Hall–Kier alpha value is -1.79. The third-order valence-electron chi connectivity index (χ3n) is 2.73. The largest absolute Gasteiger partial charge is 0.484 e. The Morgan fingerprint density at radius 1 is 1.18 bits per heavy atom. The molecule has 22 heavy (non-hydrogen) atoms. The summed E-state index contributed by atoms with van der Waals surface area (Å²) in [5.74, 6) is 0.462. The predicted molar refractivity (Wildman–Crippen MR) is 88.3 cm³/mol. The van der Waals surface area contributed by atoms with Crippen LogP contribution in [0.2, 0.25) is 0 Å². The summed E-state index contributed by atoms with van der Waals surface area (Å²) in [4.78, 5) is 22.8. The maximum absolute atomic E-state index is 11.5. The van der Waals surface area contributed by atoms with Crippen molar-refractivity contribution in [2.75, 3.05) is 26.7 Å². The van der Waals surface area contributed by atoms with Gasteiger partial charge in [0.25, 0.3) is 5.91 Å². The Balaban J connectivity index is 0.00000441. The minimum atomic E-state index is -0.150.